The lowest BCUT2D eigenvalue weighted by molar-refractivity contribution is 0.306. The Morgan fingerprint density at radius 1 is 0.941 bits per heavy atom. The van der Waals surface area contributed by atoms with Crippen molar-refractivity contribution in [1.82, 2.24) is 0 Å². The Balaban J connectivity index is 2.04. The van der Waals surface area contributed by atoms with Crippen LogP contribution < -0.4 is 4.74 Å². The maximum atomic E-state index is 5.89. The number of aryl methyl sites for hydroxylation is 1. The SMILES string of the molecule is Cc1ccc(COc2cc(Cl)cc(Cl)c2)cc1. The highest BCUT2D eigenvalue weighted by Gasteiger charge is 2.00. The molecule has 0 saturated heterocycles. The van der Waals surface area contributed by atoms with Crippen LogP contribution in [0, 0.1) is 6.92 Å². The number of rotatable bonds is 3. The quantitative estimate of drug-likeness (QED) is 0.770. The molecule has 0 bridgehead atoms. The molecular weight excluding hydrogens is 255 g/mol. The van der Waals surface area contributed by atoms with Crippen LogP contribution in [0.3, 0.4) is 0 Å². The van der Waals surface area contributed by atoms with E-state index in [4.69, 9.17) is 27.9 Å². The first-order valence-electron chi connectivity index (χ1n) is 5.28. The molecular formula is C14H12Cl2O. The third-order valence-electron chi connectivity index (χ3n) is 2.36. The highest BCUT2D eigenvalue weighted by atomic mass is 35.5. The number of ether oxygens (including phenoxy) is 1. The molecule has 0 atom stereocenters. The molecule has 1 nitrogen and oxygen atoms in total. The summed E-state index contributed by atoms with van der Waals surface area (Å²) in [7, 11) is 0. The molecule has 0 unspecified atom stereocenters. The lowest BCUT2D eigenvalue weighted by atomic mass is 10.2. The molecule has 0 saturated carbocycles. The van der Waals surface area contributed by atoms with Gasteiger partial charge in [0.1, 0.15) is 12.4 Å². The normalized spacial score (nSPS) is 10.3. The second-order valence-corrected chi connectivity index (χ2v) is 4.75. The van der Waals surface area contributed by atoms with Gasteiger partial charge < -0.3 is 4.74 Å². The minimum Gasteiger partial charge on any atom is -0.489 e. The van der Waals surface area contributed by atoms with Crippen LogP contribution in [0.5, 0.6) is 5.75 Å². The van der Waals surface area contributed by atoms with Crippen molar-refractivity contribution < 1.29 is 4.74 Å². The minimum atomic E-state index is 0.511. The van der Waals surface area contributed by atoms with Crippen molar-refractivity contribution in [2.24, 2.45) is 0 Å². The first kappa shape index (κ1) is 12.3. The monoisotopic (exact) mass is 266 g/mol. The van der Waals surface area contributed by atoms with Crippen LogP contribution in [0.2, 0.25) is 10.0 Å². The van der Waals surface area contributed by atoms with Gasteiger partial charge in [0.25, 0.3) is 0 Å². The lowest BCUT2D eigenvalue weighted by Crippen LogP contribution is -1.95. The summed E-state index contributed by atoms with van der Waals surface area (Å²) in [6, 6.07) is 13.4. The van der Waals surface area contributed by atoms with E-state index < -0.39 is 0 Å². The summed E-state index contributed by atoms with van der Waals surface area (Å²) < 4.78 is 5.62. The van der Waals surface area contributed by atoms with E-state index in [9.17, 15) is 0 Å². The molecule has 0 aromatic heterocycles. The molecule has 0 fully saturated rings. The van der Waals surface area contributed by atoms with Gasteiger partial charge in [-0.15, -0.1) is 0 Å². The van der Waals surface area contributed by atoms with Crippen molar-refractivity contribution in [3.63, 3.8) is 0 Å². The Hall–Kier alpha value is -1.18. The topological polar surface area (TPSA) is 9.23 Å². The van der Waals surface area contributed by atoms with E-state index in [0.717, 1.165) is 5.56 Å². The fourth-order valence-corrected chi connectivity index (χ4v) is 1.97. The summed E-state index contributed by atoms with van der Waals surface area (Å²) in [5.41, 5.74) is 2.35. The van der Waals surface area contributed by atoms with Gasteiger partial charge in [-0.2, -0.15) is 0 Å². The van der Waals surface area contributed by atoms with Gasteiger partial charge in [-0.3, -0.25) is 0 Å². The third-order valence-corrected chi connectivity index (χ3v) is 2.80. The van der Waals surface area contributed by atoms with Crippen molar-refractivity contribution in [2.75, 3.05) is 0 Å². The van der Waals surface area contributed by atoms with Gasteiger partial charge in [-0.1, -0.05) is 53.0 Å². The smallest absolute Gasteiger partial charge is 0.122 e. The maximum Gasteiger partial charge on any atom is 0.122 e. The first-order valence-corrected chi connectivity index (χ1v) is 6.03. The predicted molar refractivity (Wildman–Crippen MR) is 72.0 cm³/mol. The van der Waals surface area contributed by atoms with Crippen molar-refractivity contribution in [2.45, 2.75) is 13.5 Å². The van der Waals surface area contributed by atoms with Crippen molar-refractivity contribution in [1.29, 1.82) is 0 Å². The number of halogens is 2. The molecule has 3 heteroatoms. The summed E-state index contributed by atoms with van der Waals surface area (Å²) in [6.45, 7) is 2.57. The van der Waals surface area contributed by atoms with Gasteiger partial charge in [-0.05, 0) is 30.7 Å². The Bertz CT molecular complexity index is 486. The number of benzene rings is 2. The average Bonchev–Trinajstić information content (AvgIpc) is 2.27. The summed E-state index contributed by atoms with van der Waals surface area (Å²) in [5, 5.41) is 1.16. The summed E-state index contributed by atoms with van der Waals surface area (Å²) in [6.07, 6.45) is 0. The zero-order valence-electron chi connectivity index (χ0n) is 9.41. The molecule has 0 aliphatic rings. The molecule has 2 aromatic rings. The highest BCUT2D eigenvalue weighted by Crippen LogP contribution is 2.24. The standard InChI is InChI=1S/C14H12Cl2O/c1-10-2-4-11(5-3-10)9-17-14-7-12(15)6-13(16)8-14/h2-8H,9H2,1H3. The van der Waals surface area contributed by atoms with Crippen LogP contribution in [-0.4, -0.2) is 0 Å². The van der Waals surface area contributed by atoms with Crippen LogP contribution in [0.4, 0.5) is 0 Å². The van der Waals surface area contributed by atoms with Crippen LogP contribution in [0.15, 0.2) is 42.5 Å². The van der Waals surface area contributed by atoms with Crippen LogP contribution in [-0.2, 0) is 6.61 Å². The fraction of sp³-hybridized carbons (Fsp3) is 0.143. The summed E-state index contributed by atoms with van der Waals surface area (Å²) in [5.74, 6) is 0.683. The molecule has 0 N–H and O–H groups in total. The molecule has 2 aromatic carbocycles. The molecule has 0 spiro atoms. The van der Waals surface area contributed by atoms with E-state index in [0.29, 0.717) is 22.4 Å². The van der Waals surface area contributed by atoms with E-state index in [1.807, 2.05) is 12.1 Å². The van der Waals surface area contributed by atoms with Gasteiger partial charge in [0, 0.05) is 10.0 Å². The van der Waals surface area contributed by atoms with Gasteiger partial charge in [-0.25, -0.2) is 0 Å². The second kappa shape index (κ2) is 5.44. The number of hydrogen-bond acceptors (Lipinski definition) is 1. The van der Waals surface area contributed by atoms with E-state index in [1.165, 1.54) is 5.56 Å². The summed E-state index contributed by atoms with van der Waals surface area (Å²) in [4.78, 5) is 0. The van der Waals surface area contributed by atoms with E-state index in [2.05, 4.69) is 19.1 Å². The third kappa shape index (κ3) is 3.65. The molecule has 0 heterocycles. The minimum absolute atomic E-state index is 0.511. The highest BCUT2D eigenvalue weighted by molar-refractivity contribution is 6.34. The molecule has 0 amide bonds. The van der Waals surface area contributed by atoms with Gasteiger partial charge in [0.2, 0.25) is 0 Å². The molecule has 0 radical (unpaired) electrons. The largest absolute Gasteiger partial charge is 0.489 e. The van der Waals surface area contributed by atoms with E-state index in [1.54, 1.807) is 18.2 Å². The Morgan fingerprint density at radius 2 is 1.53 bits per heavy atom. The van der Waals surface area contributed by atoms with Crippen molar-refractivity contribution in [3.8, 4) is 5.75 Å². The maximum absolute atomic E-state index is 5.89. The average molecular weight is 267 g/mol. The van der Waals surface area contributed by atoms with Crippen molar-refractivity contribution >= 4 is 23.2 Å². The predicted octanol–water partition coefficient (Wildman–Crippen LogP) is 4.88. The van der Waals surface area contributed by atoms with Gasteiger partial charge >= 0.3 is 0 Å². The Kier molecular flexibility index (Phi) is 3.93. The van der Waals surface area contributed by atoms with Gasteiger partial charge in [0.05, 0.1) is 0 Å². The van der Waals surface area contributed by atoms with E-state index >= 15 is 0 Å². The molecule has 0 aliphatic carbocycles. The molecule has 0 aliphatic heterocycles. The molecule has 88 valence electrons. The zero-order chi connectivity index (χ0) is 12.3. The van der Waals surface area contributed by atoms with Gasteiger partial charge in [0.15, 0.2) is 0 Å². The first-order chi connectivity index (χ1) is 8.13. The Morgan fingerprint density at radius 3 is 2.12 bits per heavy atom. The zero-order valence-corrected chi connectivity index (χ0v) is 10.9. The van der Waals surface area contributed by atoms with Crippen LogP contribution in [0.1, 0.15) is 11.1 Å². The second-order valence-electron chi connectivity index (χ2n) is 3.88. The number of hydrogen-bond donors (Lipinski definition) is 0. The molecule has 17 heavy (non-hydrogen) atoms. The van der Waals surface area contributed by atoms with E-state index in [-0.39, 0.29) is 0 Å². The van der Waals surface area contributed by atoms with Crippen molar-refractivity contribution in [3.05, 3.63) is 63.6 Å². The summed E-state index contributed by atoms with van der Waals surface area (Å²) >= 11 is 11.8. The van der Waals surface area contributed by atoms with Crippen LogP contribution >= 0.6 is 23.2 Å². The Labute approximate surface area is 111 Å². The van der Waals surface area contributed by atoms with Crippen LogP contribution in [0.25, 0.3) is 0 Å². The fourth-order valence-electron chi connectivity index (χ4n) is 1.46. The lowest BCUT2D eigenvalue weighted by Gasteiger charge is -2.07. The molecule has 2 rings (SSSR count).